The zero-order valence-corrected chi connectivity index (χ0v) is 20.3. The van der Waals surface area contributed by atoms with Gasteiger partial charge in [-0.2, -0.15) is 0 Å². The van der Waals surface area contributed by atoms with Crippen LogP contribution in [0.4, 0.5) is 10.5 Å². The minimum Gasteiger partial charge on any atom is -0.451 e. The Morgan fingerprint density at radius 3 is 2.09 bits per heavy atom. The molecular weight excluding hydrogens is 442 g/mol. The van der Waals surface area contributed by atoms with Crippen molar-refractivity contribution in [2.24, 2.45) is 11.8 Å². The molecule has 4 N–H and O–H groups in total. The Bertz CT molecular complexity index is 1090. The summed E-state index contributed by atoms with van der Waals surface area (Å²) in [5.41, 5.74) is 4.23. The van der Waals surface area contributed by atoms with E-state index in [9.17, 15) is 18.3 Å². The topological polar surface area (TPSA) is 121 Å². The second-order valence-electron chi connectivity index (χ2n) is 9.96. The highest BCUT2D eigenvalue weighted by Crippen LogP contribution is 2.49. The number of amides is 2. The number of hydrogen-bond donors (Lipinski definition) is 4. The molecule has 1 aromatic carbocycles. The molecule has 2 aliphatic carbocycles. The molecule has 2 saturated carbocycles. The molecule has 9 heteroatoms. The van der Waals surface area contributed by atoms with E-state index in [4.69, 9.17) is 4.42 Å². The molecule has 180 valence electrons. The van der Waals surface area contributed by atoms with Crippen molar-refractivity contribution in [3.05, 3.63) is 47.2 Å². The molecule has 2 fully saturated rings. The van der Waals surface area contributed by atoms with Crippen LogP contribution in [-0.4, -0.2) is 19.6 Å². The van der Waals surface area contributed by atoms with E-state index < -0.39 is 26.7 Å². The van der Waals surface area contributed by atoms with E-state index in [2.05, 4.69) is 29.4 Å². The van der Waals surface area contributed by atoms with Gasteiger partial charge >= 0.3 is 6.03 Å². The van der Waals surface area contributed by atoms with Gasteiger partial charge in [-0.15, -0.1) is 4.83 Å². The molecule has 2 amide bonds. The standard InChI is InChI=1S/C24H33N3O5S/c1-14(16-8-9-16)19-6-5-7-20(15(2)17-10-11-17)22(19)25-23(28)26-27-33(30,31)21-12-18(13-32-21)24(3,4)29/h5-7,12-17,27,29H,8-11H2,1-4H3,(H2,25,26,28)/t14-,15-/m0/s1. The Hall–Kier alpha value is -2.36. The summed E-state index contributed by atoms with van der Waals surface area (Å²) < 4.78 is 30.2. The number of urea groups is 1. The molecule has 4 rings (SSSR count). The molecule has 33 heavy (non-hydrogen) atoms. The number of rotatable bonds is 9. The van der Waals surface area contributed by atoms with E-state index in [-0.39, 0.29) is 0 Å². The molecule has 0 unspecified atom stereocenters. The van der Waals surface area contributed by atoms with Crippen LogP contribution >= 0.6 is 0 Å². The van der Waals surface area contributed by atoms with Gasteiger partial charge in [-0.05, 0) is 74.3 Å². The van der Waals surface area contributed by atoms with Gasteiger partial charge in [-0.1, -0.05) is 32.0 Å². The molecule has 0 saturated heterocycles. The van der Waals surface area contributed by atoms with Crippen LogP contribution in [-0.2, 0) is 15.6 Å². The molecule has 0 bridgehead atoms. The van der Waals surface area contributed by atoms with Crippen molar-refractivity contribution in [2.75, 3.05) is 5.32 Å². The first-order valence-electron chi connectivity index (χ1n) is 11.5. The number of carbonyl (C=O) groups excluding carboxylic acids is 1. The second-order valence-corrected chi connectivity index (χ2v) is 11.6. The molecule has 1 heterocycles. The van der Waals surface area contributed by atoms with Crippen LogP contribution in [0.15, 0.2) is 40.0 Å². The maximum Gasteiger partial charge on any atom is 0.334 e. The van der Waals surface area contributed by atoms with Crippen LogP contribution in [0.3, 0.4) is 0 Å². The van der Waals surface area contributed by atoms with Gasteiger partial charge in [0.15, 0.2) is 0 Å². The highest BCUT2D eigenvalue weighted by molar-refractivity contribution is 7.89. The molecule has 8 nitrogen and oxygen atoms in total. The van der Waals surface area contributed by atoms with Gasteiger partial charge in [0.25, 0.3) is 10.0 Å². The summed E-state index contributed by atoms with van der Waals surface area (Å²) in [5.74, 6) is 1.85. The first-order valence-corrected chi connectivity index (χ1v) is 13.0. The lowest BCUT2D eigenvalue weighted by atomic mass is 9.87. The van der Waals surface area contributed by atoms with Crippen LogP contribution in [0.2, 0.25) is 0 Å². The summed E-state index contributed by atoms with van der Waals surface area (Å²) in [5, 5.41) is 12.5. The number of carbonyl (C=O) groups is 1. The average Bonchev–Trinajstić information content (AvgIpc) is 3.68. The van der Waals surface area contributed by atoms with Crippen molar-refractivity contribution in [1.29, 1.82) is 0 Å². The Kier molecular flexibility index (Phi) is 6.32. The number of hydrazine groups is 1. The lowest BCUT2D eigenvalue weighted by Gasteiger charge is -2.23. The van der Waals surface area contributed by atoms with E-state index in [1.54, 1.807) is 0 Å². The highest BCUT2D eigenvalue weighted by atomic mass is 32.2. The number of anilines is 1. The molecule has 1 aromatic heterocycles. The maximum atomic E-state index is 12.8. The summed E-state index contributed by atoms with van der Waals surface area (Å²) >= 11 is 0. The third kappa shape index (κ3) is 5.42. The monoisotopic (exact) mass is 475 g/mol. The molecule has 2 aliphatic rings. The minimum atomic E-state index is -4.15. The number of para-hydroxylation sites is 1. The van der Waals surface area contributed by atoms with E-state index in [0.717, 1.165) is 16.8 Å². The van der Waals surface area contributed by atoms with E-state index in [1.807, 2.05) is 18.2 Å². The van der Waals surface area contributed by atoms with E-state index in [0.29, 0.717) is 29.2 Å². The van der Waals surface area contributed by atoms with E-state index >= 15 is 0 Å². The number of benzene rings is 1. The first-order chi connectivity index (χ1) is 15.5. The van der Waals surface area contributed by atoms with Crippen molar-refractivity contribution >= 4 is 21.7 Å². The lowest BCUT2D eigenvalue weighted by Crippen LogP contribution is -2.44. The van der Waals surface area contributed by atoms with Gasteiger partial charge < -0.3 is 14.8 Å². The van der Waals surface area contributed by atoms with Gasteiger partial charge in [0, 0.05) is 17.3 Å². The summed E-state index contributed by atoms with van der Waals surface area (Å²) in [4.78, 5) is 14.8. The molecule has 0 radical (unpaired) electrons. The zero-order valence-electron chi connectivity index (χ0n) is 19.5. The summed E-state index contributed by atoms with van der Waals surface area (Å²) in [7, 11) is -4.15. The summed E-state index contributed by atoms with van der Waals surface area (Å²) in [6, 6.07) is 6.70. The van der Waals surface area contributed by atoms with Gasteiger partial charge in [0.1, 0.15) is 0 Å². The molecule has 0 aliphatic heterocycles. The SMILES string of the molecule is C[C@H](c1cccc([C@@H](C)C2CC2)c1NC(=O)NNS(=O)(=O)c1cc(C(C)(C)O)co1)C1CC1. The van der Waals surface area contributed by atoms with Crippen molar-refractivity contribution in [3.63, 3.8) is 0 Å². The fraction of sp³-hybridized carbons (Fsp3) is 0.542. The number of sulfonamides is 1. The van der Waals surface area contributed by atoms with Gasteiger partial charge in [-0.25, -0.2) is 13.2 Å². The molecule has 2 atom stereocenters. The second kappa shape index (κ2) is 8.77. The van der Waals surface area contributed by atoms with Gasteiger partial charge in [0.05, 0.1) is 11.9 Å². The third-order valence-corrected chi connectivity index (χ3v) is 7.97. The maximum absolute atomic E-state index is 12.8. The van der Waals surface area contributed by atoms with Crippen molar-refractivity contribution in [3.8, 4) is 0 Å². The quantitative estimate of drug-likeness (QED) is 0.397. The Balaban J connectivity index is 1.50. The zero-order chi connectivity index (χ0) is 24.0. The van der Waals surface area contributed by atoms with Crippen molar-refractivity contribution in [1.82, 2.24) is 10.3 Å². The van der Waals surface area contributed by atoms with Crippen molar-refractivity contribution < 1.29 is 22.7 Å². The lowest BCUT2D eigenvalue weighted by molar-refractivity contribution is 0.0779. The Morgan fingerprint density at radius 1 is 1.09 bits per heavy atom. The number of furan rings is 1. The fourth-order valence-electron chi connectivity index (χ4n) is 4.28. The smallest absolute Gasteiger partial charge is 0.334 e. The predicted octanol–water partition coefficient (Wildman–Crippen LogP) is 4.55. The normalized spacial score (nSPS) is 18.6. The molecule has 2 aromatic rings. The number of nitrogens with one attached hydrogen (secondary N) is 3. The summed E-state index contributed by atoms with van der Waals surface area (Å²) in [6.45, 7) is 7.41. The predicted molar refractivity (Wildman–Crippen MR) is 125 cm³/mol. The highest BCUT2D eigenvalue weighted by Gasteiger charge is 2.34. The number of hydrogen-bond acceptors (Lipinski definition) is 5. The largest absolute Gasteiger partial charge is 0.451 e. The minimum absolute atomic E-state index is 0.312. The summed E-state index contributed by atoms with van der Waals surface area (Å²) in [6.07, 6.45) is 5.92. The first kappa shape index (κ1) is 23.8. The third-order valence-electron chi connectivity index (χ3n) is 6.85. The van der Waals surface area contributed by atoms with Crippen molar-refractivity contribution in [2.45, 2.75) is 75.9 Å². The van der Waals surface area contributed by atoms with E-state index in [1.165, 1.54) is 51.9 Å². The van der Waals surface area contributed by atoms with Gasteiger partial charge in [0.2, 0.25) is 5.09 Å². The molecule has 0 spiro atoms. The fourth-order valence-corrected chi connectivity index (χ4v) is 5.06. The Labute approximate surface area is 195 Å². The average molecular weight is 476 g/mol. The van der Waals surface area contributed by atoms with Crippen LogP contribution in [0.25, 0.3) is 0 Å². The van der Waals surface area contributed by atoms with Gasteiger partial charge in [-0.3, -0.25) is 5.43 Å². The number of aliphatic hydroxyl groups is 1. The molecular formula is C24H33N3O5S. The Morgan fingerprint density at radius 2 is 1.64 bits per heavy atom. The van der Waals surface area contributed by atoms with Crippen LogP contribution in [0, 0.1) is 11.8 Å². The van der Waals surface area contributed by atoms with Crippen LogP contribution < -0.4 is 15.6 Å². The van der Waals surface area contributed by atoms with Crippen LogP contribution in [0.1, 0.15) is 81.9 Å². The van der Waals surface area contributed by atoms with Crippen LogP contribution in [0.5, 0.6) is 0 Å².